The van der Waals surface area contributed by atoms with Gasteiger partial charge in [0.2, 0.25) is 5.01 Å². The fraction of sp³-hybridized carbons (Fsp3) is 0.250. The van der Waals surface area contributed by atoms with E-state index in [-0.39, 0.29) is 5.91 Å². The van der Waals surface area contributed by atoms with E-state index in [0.29, 0.717) is 5.01 Å². The number of aryl methyl sites for hydroxylation is 2. The first kappa shape index (κ1) is 11.7. The molecule has 0 spiro atoms. The van der Waals surface area contributed by atoms with Gasteiger partial charge in [0.1, 0.15) is 5.01 Å². The number of rotatable bonds is 2. The Labute approximate surface area is 104 Å². The van der Waals surface area contributed by atoms with E-state index >= 15 is 0 Å². The normalized spacial score (nSPS) is 10.3. The highest BCUT2D eigenvalue weighted by molar-refractivity contribution is 7.13. The number of carbonyl (C=O) groups is 1. The van der Waals surface area contributed by atoms with Gasteiger partial charge < -0.3 is 4.90 Å². The highest BCUT2D eigenvalue weighted by atomic mass is 32.1. The third kappa shape index (κ3) is 2.50. The molecule has 4 nitrogen and oxygen atoms in total. The Kier molecular flexibility index (Phi) is 3.19. The minimum Gasteiger partial charge on any atom is -0.309 e. The minimum atomic E-state index is -0.126. The van der Waals surface area contributed by atoms with Crippen LogP contribution in [0.4, 0.5) is 5.69 Å². The van der Waals surface area contributed by atoms with E-state index in [1.807, 2.05) is 38.1 Å². The van der Waals surface area contributed by atoms with E-state index < -0.39 is 0 Å². The maximum Gasteiger partial charge on any atom is 0.288 e. The summed E-state index contributed by atoms with van der Waals surface area (Å²) in [6.07, 6.45) is 0. The molecule has 0 aliphatic heterocycles. The van der Waals surface area contributed by atoms with E-state index in [1.54, 1.807) is 11.9 Å². The molecule has 0 saturated heterocycles. The maximum absolute atomic E-state index is 12.1. The number of nitrogens with zero attached hydrogens (tertiary/aromatic N) is 3. The SMILES string of the molecule is Cc1ccc(N(C)C(=O)c2nnc(C)s2)cc1. The van der Waals surface area contributed by atoms with Gasteiger partial charge in [0.05, 0.1) is 0 Å². The molecular formula is C12H13N3OS. The predicted octanol–water partition coefficient (Wildman–Crippen LogP) is 2.43. The van der Waals surface area contributed by atoms with Crippen LogP contribution >= 0.6 is 11.3 Å². The number of hydrogen-bond acceptors (Lipinski definition) is 4. The highest BCUT2D eigenvalue weighted by Gasteiger charge is 2.17. The fourth-order valence-electron chi connectivity index (χ4n) is 1.41. The van der Waals surface area contributed by atoms with Crippen molar-refractivity contribution in [1.29, 1.82) is 0 Å². The number of amides is 1. The van der Waals surface area contributed by atoms with Crippen molar-refractivity contribution in [2.45, 2.75) is 13.8 Å². The minimum absolute atomic E-state index is 0.126. The molecule has 0 atom stereocenters. The standard InChI is InChI=1S/C12H13N3OS/c1-8-4-6-10(7-5-8)15(3)12(16)11-14-13-9(2)17-11/h4-7H,1-3H3. The van der Waals surface area contributed by atoms with Crippen molar-refractivity contribution in [3.8, 4) is 0 Å². The van der Waals surface area contributed by atoms with E-state index in [0.717, 1.165) is 10.7 Å². The van der Waals surface area contributed by atoms with E-state index in [2.05, 4.69) is 10.2 Å². The van der Waals surface area contributed by atoms with Gasteiger partial charge >= 0.3 is 0 Å². The Morgan fingerprint density at radius 2 is 1.82 bits per heavy atom. The van der Waals surface area contributed by atoms with E-state index in [9.17, 15) is 4.79 Å². The Morgan fingerprint density at radius 1 is 1.18 bits per heavy atom. The van der Waals surface area contributed by atoms with Gasteiger partial charge in [-0.2, -0.15) is 0 Å². The molecule has 17 heavy (non-hydrogen) atoms. The van der Waals surface area contributed by atoms with Crippen molar-refractivity contribution >= 4 is 22.9 Å². The van der Waals surface area contributed by atoms with Crippen molar-refractivity contribution < 1.29 is 4.79 Å². The molecule has 0 fully saturated rings. The van der Waals surface area contributed by atoms with E-state index in [1.165, 1.54) is 16.9 Å². The van der Waals surface area contributed by atoms with Crippen LogP contribution in [0.2, 0.25) is 0 Å². The molecule has 1 aromatic heterocycles. The lowest BCUT2D eigenvalue weighted by molar-refractivity contribution is 0.0992. The molecule has 0 unspecified atom stereocenters. The summed E-state index contributed by atoms with van der Waals surface area (Å²) in [6.45, 7) is 3.85. The number of benzene rings is 1. The lowest BCUT2D eigenvalue weighted by Gasteiger charge is -2.15. The molecule has 1 amide bonds. The van der Waals surface area contributed by atoms with Gasteiger partial charge in [-0.3, -0.25) is 4.79 Å². The first-order chi connectivity index (χ1) is 8.08. The van der Waals surface area contributed by atoms with Crippen LogP contribution in [0.3, 0.4) is 0 Å². The number of carbonyl (C=O) groups excluding carboxylic acids is 1. The molecule has 0 saturated carbocycles. The van der Waals surface area contributed by atoms with Gasteiger partial charge in [-0.15, -0.1) is 10.2 Å². The van der Waals surface area contributed by atoms with Gasteiger partial charge in [0, 0.05) is 12.7 Å². The molecule has 1 heterocycles. The molecule has 1 aromatic carbocycles. The van der Waals surface area contributed by atoms with Crippen LogP contribution in [-0.2, 0) is 0 Å². The van der Waals surface area contributed by atoms with Gasteiger partial charge in [-0.25, -0.2) is 0 Å². The first-order valence-corrected chi connectivity index (χ1v) is 6.04. The Bertz CT molecular complexity index is 533. The third-order valence-electron chi connectivity index (χ3n) is 2.43. The van der Waals surface area contributed by atoms with Crippen LogP contribution in [0.1, 0.15) is 20.4 Å². The first-order valence-electron chi connectivity index (χ1n) is 5.23. The number of hydrogen-bond donors (Lipinski definition) is 0. The molecule has 0 aliphatic carbocycles. The monoisotopic (exact) mass is 247 g/mol. The zero-order valence-electron chi connectivity index (χ0n) is 9.97. The lowest BCUT2D eigenvalue weighted by atomic mass is 10.2. The molecule has 0 N–H and O–H groups in total. The second-order valence-electron chi connectivity index (χ2n) is 3.83. The topological polar surface area (TPSA) is 46.1 Å². The Morgan fingerprint density at radius 3 is 2.35 bits per heavy atom. The number of aromatic nitrogens is 2. The van der Waals surface area contributed by atoms with Gasteiger partial charge in [-0.05, 0) is 26.0 Å². The summed E-state index contributed by atoms with van der Waals surface area (Å²) < 4.78 is 0. The summed E-state index contributed by atoms with van der Waals surface area (Å²) in [5, 5.41) is 8.92. The van der Waals surface area contributed by atoms with Crippen molar-refractivity contribution in [2.75, 3.05) is 11.9 Å². The molecule has 0 aliphatic rings. The summed E-state index contributed by atoms with van der Waals surface area (Å²) >= 11 is 1.31. The molecule has 2 rings (SSSR count). The second kappa shape index (κ2) is 4.63. The zero-order chi connectivity index (χ0) is 12.4. The van der Waals surface area contributed by atoms with Crippen molar-refractivity contribution in [3.05, 3.63) is 39.8 Å². The Balaban J connectivity index is 2.23. The molecular weight excluding hydrogens is 234 g/mol. The quantitative estimate of drug-likeness (QED) is 0.818. The lowest BCUT2D eigenvalue weighted by Crippen LogP contribution is -2.26. The molecule has 0 radical (unpaired) electrons. The molecule has 88 valence electrons. The average molecular weight is 247 g/mol. The largest absolute Gasteiger partial charge is 0.309 e. The van der Waals surface area contributed by atoms with E-state index in [4.69, 9.17) is 0 Å². The van der Waals surface area contributed by atoms with Crippen molar-refractivity contribution in [1.82, 2.24) is 10.2 Å². The highest BCUT2D eigenvalue weighted by Crippen LogP contribution is 2.17. The number of anilines is 1. The molecule has 0 bridgehead atoms. The van der Waals surface area contributed by atoms with Crippen LogP contribution in [0.5, 0.6) is 0 Å². The predicted molar refractivity (Wildman–Crippen MR) is 68.6 cm³/mol. The maximum atomic E-state index is 12.1. The summed E-state index contributed by atoms with van der Waals surface area (Å²) in [5.41, 5.74) is 2.02. The van der Waals surface area contributed by atoms with Crippen molar-refractivity contribution in [3.63, 3.8) is 0 Å². The smallest absolute Gasteiger partial charge is 0.288 e. The van der Waals surface area contributed by atoms with Gasteiger partial charge in [0.25, 0.3) is 5.91 Å². The Hall–Kier alpha value is -1.75. The van der Waals surface area contributed by atoms with Crippen molar-refractivity contribution in [2.24, 2.45) is 0 Å². The average Bonchev–Trinajstić information content (AvgIpc) is 2.75. The summed E-state index contributed by atoms with van der Waals surface area (Å²) in [6, 6.07) is 7.79. The summed E-state index contributed by atoms with van der Waals surface area (Å²) in [7, 11) is 1.74. The van der Waals surface area contributed by atoms with Gasteiger partial charge in [-0.1, -0.05) is 29.0 Å². The summed E-state index contributed by atoms with van der Waals surface area (Å²) in [5.74, 6) is -0.126. The third-order valence-corrected chi connectivity index (χ3v) is 3.26. The van der Waals surface area contributed by atoms with Crippen LogP contribution < -0.4 is 4.90 Å². The van der Waals surface area contributed by atoms with Crippen LogP contribution in [0.15, 0.2) is 24.3 Å². The fourth-order valence-corrected chi connectivity index (χ4v) is 2.08. The molecule has 5 heteroatoms. The van der Waals surface area contributed by atoms with Crippen LogP contribution in [0.25, 0.3) is 0 Å². The van der Waals surface area contributed by atoms with Gasteiger partial charge in [0.15, 0.2) is 0 Å². The molecule has 2 aromatic rings. The second-order valence-corrected chi connectivity index (χ2v) is 5.01. The van der Waals surface area contributed by atoms with Crippen LogP contribution in [0, 0.1) is 13.8 Å². The summed E-state index contributed by atoms with van der Waals surface area (Å²) in [4.78, 5) is 13.7. The zero-order valence-corrected chi connectivity index (χ0v) is 10.8. The van der Waals surface area contributed by atoms with Crippen LogP contribution in [-0.4, -0.2) is 23.2 Å².